The average molecular weight is 230 g/mol. The number of hydrogen-bond acceptors (Lipinski definition) is 3. The first-order valence-corrected chi connectivity index (χ1v) is 6.06. The van der Waals surface area contributed by atoms with Gasteiger partial charge in [0.1, 0.15) is 11.5 Å². The molecule has 2 atom stereocenters. The molecule has 0 bridgehead atoms. The van der Waals surface area contributed by atoms with Gasteiger partial charge in [-0.1, -0.05) is 12.1 Å². The first-order chi connectivity index (χ1) is 8.27. The van der Waals surface area contributed by atoms with E-state index in [4.69, 9.17) is 4.74 Å². The Kier molecular flexibility index (Phi) is 2.46. The van der Waals surface area contributed by atoms with Crippen LogP contribution in [-0.2, 0) is 4.79 Å². The molecule has 3 heteroatoms. The van der Waals surface area contributed by atoms with Crippen molar-refractivity contribution in [2.24, 2.45) is 11.8 Å². The predicted molar refractivity (Wildman–Crippen MR) is 62.1 cm³/mol. The summed E-state index contributed by atoms with van der Waals surface area (Å²) in [7, 11) is 0. The number of hydrogen-bond donors (Lipinski definition) is 0. The lowest BCUT2D eigenvalue weighted by Gasteiger charge is -2.27. The number of rotatable bonds is 1. The van der Waals surface area contributed by atoms with E-state index in [9.17, 15) is 9.59 Å². The van der Waals surface area contributed by atoms with Crippen molar-refractivity contribution in [3.8, 4) is 5.75 Å². The summed E-state index contributed by atoms with van der Waals surface area (Å²) in [5, 5.41) is 0. The lowest BCUT2D eigenvalue weighted by molar-refractivity contribution is -0.122. The van der Waals surface area contributed by atoms with Gasteiger partial charge in [0.05, 0.1) is 18.1 Å². The van der Waals surface area contributed by atoms with E-state index in [-0.39, 0.29) is 23.4 Å². The summed E-state index contributed by atoms with van der Waals surface area (Å²) in [5.41, 5.74) is 0.628. The van der Waals surface area contributed by atoms with Crippen molar-refractivity contribution in [1.82, 2.24) is 0 Å². The van der Waals surface area contributed by atoms with Crippen molar-refractivity contribution in [3.63, 3.8) is 0 Å². The maximum absolute atomic E-state index is 12.3. The van der Waals surface area contributed by atoms with Crippen molar-refractivity contribution in [3.05, 3.63) is 29.8 Å². The smallest absolute Gasteiger partial charge is 0.173 e. The lowest BCUT2D eigenvalue weighted by Crippen LogP contribution is -2.35. The average Bonchev–Trinajstić information content (AvgIpc) is 2.76. The first-order valence-electron chi connectivity index (χ1n) is 6.06. The second-order valence-corrected chi connectivity index (χ2v) is 4.74. The summed E-state index contributed by atoms with van der Waals surface area (Å²) < 4.78 is 5.59. The number of benzene rings is 1. The van der Waals surface area contributed by atoms with Crippen LogP contribution in [0.3, 0.4) is 0 Å². The van der Waals surface area contributed by atoms with Crippen molar-refractivity contribution < 1.29 is 14.3 Å². The van der Waals surface area contributed by atoms with E-state index >= 15 is 0 Å². The number of Topliss-reactive ketones (excluding diaryl/α,β-unsaturated/α-hetero) is 2. The summed E-state index contributed by atoms with van der Waals surface area (Å²) in [5.74, 6) is 0.577. The highest BCUT2D eigenvalue weighted by Gasteiger charge is 2.40. The van der Waals surface area contributed by atoms with Crippen molar-refractivity contribution in [2.45, 2.75) is 19.3 Å². The number of carbonyl (C=O) groups excluding carboxylic acids is 2. The molecule has 0 aromatic heterocycles. The minimum Gasteiger partial charge on any atom is -0.492 e. The van der Waals surface area contributed by atoms with E-state index in [0.29, 0.717) is 24.3 Å². The highest BCUT2D eigenvalue weighted by atomic mass is 16.5. The molecule has 88 valence electrons. The Balaban J connectivity index is 1.91. The van der Waals surface area contributed by atoms with Crippen molar-refractivity contribution >= 4 is 11.6 Å². The Labute approximate surface area is 99.8 Å². The molecule has 0 saturated heterocycles. The van der Waals surface area contributed by atoms with Crippen LogP contribution in [0.1, 0.15) is 29.6 Å². The van der Waals surface area contributed by atoms with E-state index in [1.165, 1.54) is 0 Å². The Bertz CT molecular complexity index is 478. The maximum atomic E-state index is 12.3. The molecule has 0 radical (unpaired) electrons. The second kappa shape index (κ2) is 3.99. The zero-order valence-corrected chi connectivity index (χ0v) is 9.52. The van der Waals surface area contributed by atoms with Gasteiger partial charge in [0, 0.05) is 12.3 Å². The van der Waals surface area contributed by atoms with Gasteiger partial charge in [0.15, 0.2) is 5.78 Å². The number of ether oxygens (including phenoxy) is 1. The fourth-order valence-corrected chi connectivity index (χ4v) is 2.82. The molecule has 2 aliphatic rings. The third-order valence-corrected chi connectivity index (χ3v) is 3.75. The first kappa shape index (κ1) is 10.5. The molecule has 0 unspecified atom stereocenters. The lowest BCUT2D eigenvalue weighted by atomic mass is 9.83. The third-order valence-electron chi connectivity index (χ3n) is 3.75. The molecule has 1 fully saturated rings. The molecule has 0 amide bonds. The summed E-state index contributed by atoms with van der Waals surface area (Å²) in [6.45, 7) is 0.353. The van der Waals surface area contributed by atoms with E-state index in [2.05, 4.69) is 0 Å². The van der Waals surface area contributed by atoms with Gasteiger partial charge in [0.25, 0.3) is 0 Å². The SMILES string of the molecule is O=C1CCC[C@@H]1[C@H]1COc2ccccc2C1=O. The monoisotopic (exact) mass is 230 g/mol. The number of para-hydroxylation sites is 1. The topological polar surface area (TPSA) is 43.4 Å². The molecular weight excluding hydrogens is 216 g/mol. The molecule has 0 N–H and O–H groups in total. The Morgan fingerprint density at radius 3 is 2.71 bits per heavy atom. The molecule has 1 aromatic rings. The van der Waals surface area contributed by atoms with E-state index in [1.807, 2.05) is 12.1 Å². The van der Waals surface area contributed by atoms with Crippen molar-refractivity contribution in [1.29, 1.82) is 0 Å². The van der Waals surface area contributed by atoms with Gasteiger partial charge in [-0.3, -0.25) is 9.59 Å². The Hall–Kier alpha value is -1.64. The van der Waals surface area contributed by atoms with Gasteiger partial charge >= 0.3 is 0 Å². The van der Waals surface area contributed by atoms with Crippen molar-refractivity contribution in [2.75, 3.05) is 6.61 Å². The molecule has 17 heavy (non-hydrogen) atoms. The van der Waals surface area contributed by atoms with Crippen LogP contribution in [0.25, 0.3) is 0 Å². The minimum atomic E-state index is -0.264. The Morgan fingerprint density at radius 2 is 1.94 bits per heavy atom. The van der Waals surface area contributed by atoms with Crippen LogP contribution in [0.15, 0.2) is 24.3 Å². The molecule has 3 rings (SSSR count). The van der Waals surface area contributed by atoms with Crippen LogP contribution in [0.5, 0.6) is 5.75 Å². The number of fused-ring (bicyclic) bond motifs is 1. The normalized spacial score (nSPS) is 27.8. The maximum Gasteiger partial charge on any atom is 0.173 e. The molecule has 3 nitrogen and oxygen atoms in total. The molecule has 1 aromatic carbocycles. The summed E-state index contributed by atoms with van der Waals surface area (Å²) >= 11 is 0. The highest BCUT2D eigenvalue weighted by Crippen LogP contribution is 2.35. The van der Waals surface area contributed by atoms with Crippen LogP contribution < -0.4 is 4.74 Å². The van der Waals surface area contributed by atoms with Gasteiger partial charge < -0.3 is 4.74 Å². The van der Waals surface area contributed by atoms with Gasteiger partial charge in [0.2, 0.25) is 0 Å². The van der Waals surface area contributed by atoms with Crippen LogP contribution in [0, 0.1) is 11.8 Å². The molecule has 1 aliphatic heterocycles. The van der Waals surface area contributed by atoms with E-state index in [0.717, 1.165) is 12.8 Å². The molecule has 1 aliphatic carbocycles. The molecule has 0 spiro atoms. The molecule has 1 heterocycles. The predicted octanol–water partition coefficient (Wildman–Crippen LogP) is 2.25. The summed E-state index contributed by atoms with van der Waals surface area (Å²) in [4.78, 5) is 24.0. The van der Waals surface area contributed by atoms with Gasteiger partial charge in [-0.2, -0.15) is 0 Å². The number of ketones is 2. The Morgan fingerprint density at radius 1 is 1.12 bits per heavy atom. The molecule has 1 saturated carbocycles. The summed E-state index contributed by atoms with van der Waals surface area (Å²) in [6.07, 6.45) is 2.37. The quantitative estimate of drug-likeness (QED) is 0.743. The van der Waals surface area contributed by atoms with Crippen LogP contribution >= 0.6 is 0 Å². The molecular formula is C14H14O3. The van der Waals surface area contributed by atoms with Crippen LogP contribution in [-0.4, -0.2) is 18.2 Å². The standard InChI is InChI=1S/C14H14O3/c15-12-6-3-5-9(12)11-8-17-13-7-2-1-4-10(13)14(11)16/h1-2,4,7,9,11H,3,5-6,8H2/t9-,11-/m1/s1. The summed E-state index contributed by atoms with van der Waals surface area (Å²) in [6, 6.07) is 7.27. The minimum absolute atomic E-state index is 0.0760. The van der Waals surface area contributed by atoms with E-state index in [1.54, 1.807) is 12.1 Å². The van der Waals surface area contributed by atoms with Crippen LogP contribution in [0.4, 0.5) is 0 Å². The fraction of sp³-hybridized carbons (Fsp3) is 0.429. The number of carbonyl (C=O) groups is 2. The highest BCUT2D eigenvalue weighted by molar-refractivity contribution is 6.03. The van der Waals surface area contributed by atoms with E-state index < -0.39 is 0 Å². The zero-order valence-electron chi connectivity index (χ0n) is 9.52. The second-order valence-electron chi connectivity index (χ2n) is 4.74. The zero-order chi connectivity index (χ0) is 11.8. The van der Waals surface area contributed by atoms with Gasteiger partial charge in [-0.15, -0.1) is 0 Å². The van der Waals surface area contributed by atoms with Gasteiger partial charge in [-0.25, -0.2) is 0 Å². The largest absolute Gasteiger partial charge is 0.492 e. The van der Waals surface area contributed by atoms with Crippen LogP contribution in [0.2, 0.25) is 0 Å². The third kappa shape index (κ3) is 1.66. The van der Waals surface area contributed by atoms with Gasteiger partial charge in [-0.05, 0) is 25.0 Å². The fourth-order valence-electron chi connectivity index (χ4n) is 2.82.